The fraction of sp³-hybridized carbons (Fsp3) is 0.588. The van der Waals surface area contributed by atoms with E-state index in [1.165, 1.54) is 7.11 Å². The molecule has 0 aromatic carbocycles. The van der Waals surface area contributed by atoms with Gasteiger partial charge in [0.25, 0.3) is 0 Å². The van der Waals surface area contributed by atoms with Gasteiger partial charge in [-0.2, -0.15) is 0 Å². The van der Waals surface area contributed by atoms with Crippen molar-refractivity contribution < 1.29 is 9.53 Å². The maximum atomic E-state index is 10.9. The lowest BCUT2D eigenvalue weighted by atomic mass is 10.1. The van der Waals surface area contributed by atoms with E-state index in [1.54, 1.807) is 0 Å². The summed E-state index contributed by atoms with van der Waals surface area (Å²) in [7, 11) is 1.44. The Bertz CT molecular complexity index is 288. The van der Waals surface area contributed by atoms with Crippen LogP contribution in [0.3, 0.4) is 0 Å². The molecule has 0 unspecified atom stereocenters. The van der Waals surface area contributed by atoms with Crippen molar-refractivity contribution in [1.82, 2.24) is 0 Å². The highest BCUT2D eigenvalue weighted by Crippen LogP contribution is 2.05. The molecule has 2 nitrogen and oxygen atoms in total. The van der Waals surface area contributed by atoms with E-state index >= 15 is 0 Å². The summed E-state index contributed by atoms with van der Waals surface area (Å²) in [4.78, 5) is 10.9. The predicted molar refractivity (Wildman–Crippen MR) is 82.0 cm³/mol. The van der Waals surface area contributed by atoms with Gasteiger partial charge in [-0.15, -0.1) is 0 Å². The molecule has 0 bridgehead atoms. The van der Waals surface area contributed by atoms with Crippen molar-refractivity contribution in [2.75, 3.05) is 7.11 Å². The van der Waals surface area contributed by atoms with Crippen LogP contribution in [0, 0.1) is 0 Å². The molecule has 0 N–H and O–H groups in total. The quantitative estimate of drug-likeness (QED) is 0.299. The standard InChI is InChI=1S/C17H28O2/c1-3-4-5-6-7-8-9-10-11-12-13-14-15-16-17(18)19-2/h4-5,7-8,10-11H,3,6,9,12-16H2,1-2H3/b5-4+,8-7+,11-10+. The maximum Gasteiger partial charge on any atom is 0.305 e. The number of hydrogen-bond donors (Lipinski definition) is 0. The molecule has 0 spiro atoms. The summed E-state index contributed by atoms with van der Waals surface area (Å²) in [6, 6.07) is 0. The first-order valence-electron chi connectivity index (χ1n) is 7.33. The average molecular weight is 264 g/mol. The van der Waals surface area contributed by atoms with Gasteiger partial charge in [-0.25, -0.2) is 0 Å². The van der Waals surface area contributed by atoms with Crippen LogP contribution in [0.2, 0.25) is 0 Å². The van der Waals surface area contributed by atoms with Crippen LogP contribution in [0.15, 0.2) is 36.5 Å². The fourth-order valence-corrected chi connectivity index (χ4v) is 1.64. The first-order valence-corrected chi connectivity index (χ1v) is 7.33. The third-order valence-electron chi connectivity index (χ3n) is 2.76. The molecule has 0 saturated heterocycles. The van der Waals surface area contributed by atoms with Crippen LogP contribution < -0.4 is 0 Å². The van der Waals surface area contributed by atoms with Crippen LogP contribution in [0.1, 0.15) is 58.3 Å². The molecule has 0 aliphatic rings. The Morgan fingerprint density at radius 1 is 0.895 bits per heavy atom. The molecule has 2 heteroatoms. The van der Waals surface area contributed by atoms with Crippen molar-refractivity contribution in [3.8, 4) is 0 Å². The van der Waals surface area contributed by atoms with Gasteiger partial charge in [0.05, 0.1) is 7.11 Å². The zero-order valence-electron chi connectivity index (χ0n) is 12.4. The molecule has 108 valence electrons. The average Bonchev–Trinajstić information content (AvgIpc) is 2.43. The van der Waals surface area contributed by atoms with Gasteiger partial charge in [0, 0.05) is 6.42 Å². The Labute approximate surface area is 118 Å². The highest BCUT2D eigenvalue weighted by atomic mass is 16.5. The minimum atomic E-state index is -0.0993. The predicted octanol–water partition coefficient (Wildman–Crippen LogP) is 4.97. The molecular formula is C17H28O2. The van der Waals surface area contributed by atoms with Crippen LogP contribution in [0.4, 0.5) is 0 Å². The van der Waals surface area contributed by atoms with E-state index in [4.69, 9.17) is 0 Å². The molecular weight excluding hydrogens is 236 g/mol. The lowest BCUT2D eigenvalue weighted by molar-refractivity contribution is -0.140. The SMILES string of the molecule is CC/C=C/C/C=C/C/C=C/CCCCCC(=O)OC. The Morgan fingerprint density at radius 2 is 1.53 bits per heavy atom. The maximum absolute atomic E-state index is 10.9. The molecule has 0 saturated carbocycles. The molecule has 0 aromatic rings. The molecule has 0 radical (unpaired) electrons. The Balaban J connectivity index is 3.30. The van der Waals surface area contributed by atoms with E-state index in [0.29, 0.717) is 6.42 Å². The van der Waals surface area contributed by atoms with E-state index in [0.717, 1.165) is 44.9 Å². The van der Waals surface area contributed by atoms with Gasteiger partial charge in [0.15, 0.2) is 0 Å². The van der Waals surface area contributed by atoms with Crippen LogP contribution in [0.5, 0.6) is 0 Å². The number of unbranched alkanes of at least 4 members (excludes halogenated alkanes) is 3. The van der Waals surface area contributed by atoms with Gasteiger partial charge >= 0.3 is 5.97 Å². The topological polar surface area (TPSA) is 26.3 Å². The molecule has 0 atom stereocenters. The minimum Gasteiger partial charge on any atom is -0.469 e. The van der Waals surface area contributed by atoms with Crippen LogP contribution >= 0.6 is 0 Å². The molecule has 0 heterocycles. The van der Waals surface area contributed by atoms with Crippen molar-refractivity contribution in [1.29, 1.82) is 0 Å². The van der Waals surface area contributed by atoms with Gasteiger partial charge in [0.2, 0.25) is 0 Å². The molecule has 0 rings (SSSR count). The van der Waals surface area contributed by atoms with E-state index in [2.05, 4.69) is 48.1 Å². The molecule has 0 aromatic heterocycles. The number of rotatable bonds is 11. The highest BCUT2D eigenvalue weighted by Gasteiger charge is 1.97. The number of hydrogen-bond acceptors (Lipinski definition) is 2. The smallest absolute Gasteiger partial charge is 0.305 e. The van der Waals surface area contributed by atoms with Gasteiger partial charge < -0.3 is 4.74 Å². The van der Waals surface area contributed by atoms with Crippen LogP contribution in [0.25, 0.3) is 0 Å². The lowest BCUT2D eigenvalue weighted by Gasteiger charge is -1.98. The normalized spacial score (nSPS) is 11.9. The van der Waals surface area contributed by atoms with Crippen molar-refractivity contribution in [2.45, 2.75) is 58.3 Å². The Kier molecular flexibility index (Phi) is 13.7. The summed E-state index contributed by atoms with van der Waals surface area (Å²) >= 11 is 0. The number of ether oxygens (including phenoxy) is 1. The Morgan fingerprint density at radius 3 is 2.16 bits per heavy atom. The third-order valence-corrected chi connectivity index (χ3v) is 2.76. The molecule has 19 heavy (non-hydrogen) atoms. The van der Waals surface area contributed by atoms with E-state index in [-0.39, 0.29) is 5.97 Å². The number of carbonyl (C=O) groups excluding carboxylic acids is 1. The largest absolute Gasteiger partial charge is 0.469 e. The summed E-state index contributed by atoms with van der Waals surface area (Å²) in [5.74, 6) is -0.0993. The number of carbonyl (C=O) groups is 1. The summed E-state index contributed by atoms with van der Waals surface area (Å²) < 4.78 is 4.59. The zero-order valence-corrected chi connectivity index (χ0v) is 12.4. The number of methoxy groups -OCH3 is 1. The highest BCUT2D eigenvalue weighted by molar-refractivity contribution is 5.68. The number of allylic oxidation sites excluding steroid dienone is 6. The number of esters is 1. The van der Waals surface area contributed by atoms with Gasteiger partial charge in [0.1, 0.15) is 0 Å². The molecule has 0 aliphatic carbocycles. The van der Waals surface area contributed by atoms with Crippen LogP contribution in [-0.4, -0.2) is 13.1 Å². The summed E-state index contributed by atoms with van der Waals surface area (Å²) in [5, 5.41) is 0. The minimum absolute atomic E-state index is 0.0993. The van der Waals surface area contributed by atoms with Crippen molar-refractivity contribution in [3.63, 3.8) is 0 Å². The van der Waals surface area contributed by atoms with Crippen molar-refractivity contribution in [2.24, 2.45) is 0 Å². The zero-order chi connectivity index (χ0) is 14.2. The van der Waals surface area contributed by atoms with Crippen molar-refractivity contribution >= 4 is 5.97 Å². The lowest BCUT2D eigenvalue weighted by Crippen LogP contribution is -1.98. The second kappa shape index (κ2) is 14.7. The third kappa shape index (κ3) is 14.6. The summed E-state index contributed by atoms with van der Waals surface area (Å²) in [6.07, 6.45) is 21.2. The second-order valence-corrected chi connectivity index (χ2v) is 4.47. The monoisotopic (exact) mass is 264 g/mol. The molecule has 0 aliphatic heterocycles. The van der Waals surface area contributed by atoms with Gasteiger partial charge in [-0.05, 0) is 38.5 Å². The summed E-state index contributed by atoms with van der Waals surface area (Å²) in [5.41, 5.74) is 0. The first kappa shape index (κ1) is 17.7. The van der Waals surface area contributed by atoms with Crippen molar-refractivity contribution in [3.05, 3.63) is 36.5 Å². The van der Waals surface area contributed by atoms with E-state index in [1.807, 2.05) is 0 Å². The molecule has 0 fully saturated rings. The van der Waals surface area contributed by atoms with E-state index in [9.17, 15) is 4.79 Å². The fourth-order valence-electron chi connectivity index (χ4n) is 1.64. The van der Waals surface area contributed by atoms with Gasteiger partial charge in [-0.1, -0.05) is 49.8 Å². The van der Waals surface area contributed by atoms with E-state index < -0.39 is 0 Å². The van der Waals surface area contributed by atoms with Gasteiger partial charge in [-0.3, -0.25) is 4.79 Å². The summed E-state index contributed by atoms with van der Waals surface area (Å²) in [6.45, 7) is 2.15. The van der Waals surface area contributed by atoms with Crippen LogP contribution in [-0.2, 0) is 9.53 Å². The Hall–Kier alpha value is -1.31. The second-order valence-electron chi connectivity index (χ2n) is 4.47. The molecule has 0 amide bonds. The first-order chi connectivity index (χ1) is 9.31.